The molecule has 0 fully saturated rings. The maximum absolute atomic E-state index is 9.50. The highest BCUT2D eigenvalue weighted by Gasteiger charge is 2.19. The van der Waals surface area contributed by atoms with Crippen molar-refractivity contribution >= 4 is 43.6 Å². The monoisotopic (exact) mass is 586 g/mol. The van der Waals surface area contributed by atoms with E-state index < -0.39 is 0 Å². The summed E-state index contributed by atoms with van der Waals surface area (Å²) in [5.74, 6) is 0. The lowest BCUT2D eigenvalue weighted by Crippen LogP contribution is -2.01. The van der Waals surface area contributed by atoms with E-state index in [0.29, 0.717) is 23.4 Å². The minimum absolute atomic E-state index is 0.505. The van der Waals surface area contributed by atoms with Gasteiger partial charge in [0.15, 0.2) is 0 Å². The van der Waals surface area contributed by atoms with E-state index in [1.54, 1.807) is 24.5 Å². The molecular formula is C41H24N5-. The molecule has 0 bridgehead atoms. The highest BCUT2D eigenvalue weighted by Crippen LogP contribution is 2.46. The molecule has 3 heterocycles. The topological polar surface area (TPSA) is 87.5 Å². The Morgan fingerprint density at radius 3 is 1.83 bits per heavy atom. The van der Waals surface area contributed by atoms with Crippen LogP contribution in [0.4, 0.5) is 0 Å². The second kappa shape index (κ2) is 11.2. The molecule has 0 amide bonds. The van der Waals surface area contributed by atoms with Gasteiger partial charge < -0.3 is 5.32 Å². The standard InChI is InChI=1S/C41H24N5/c42-21-26-17-18-45-39(20-26)38-16-13-28(25-46-38)40-33-9-3-5-11-35(33)41(36-12-6-4-10-34(36)40)37-15-14-30(31-7-1-2-8-32(31)37)29-19-27(22-43)23-44-24-29/h1-20,23-24H,25H2/q-1. The Hall–Kier alpha value is -6.56. The van der Waals surface area contributed by atoms with Gasteiger partial charge in [-0.3, -0.25) is 9.97 Å². The van der Waals surface area contributed by atoms with Crippen LogP contribution in [0, 0.1) is 22.7 Å². The van der Waals surface area contributed by atoms with Crippen LogP contribution >= 0.6 is 0 Å². The van der Waals surface area contributed by atoms with E-state index in [-0.39, 0.29) is 0 Å². The smallest absolute Gasteiger partial charge is 0.101 e. The third-order valence-corrected chi connectivity index (χ3v) is 8.64. The van der Waals surface area contributed by atoms with Gasteiger partial charge in [-0.05, 0) is 72.8 Å². The van der Waals surface area contributed by atoms with Gasteiger partial charge in [0.05, 0.1) is 17.2 Å². The molecule has 46 heavy (non-hydrogen) atoms. The zero-order valence-electron chi connectivity index (χ0n) is 24.6. The van der Waals surface area contributed by atoms with Crippen LogP contribution in [0.2, 0.25) is 0 Å². The lowest BCUT2D eigenvalue weighted by atomic mass is 9.83. The average molecular weight is 587 g/mol. The summed E-state index contributed by atoms with van der Waals surface area (Å²) in [5, 5.41) is 30.7. The van der Waals surface area contributed by atoms with Crippen LogP contribution in [0.3, 0.4) is 0 Å². The summed E-state index contributed by atoms with van der Waals surface area (Å²) in [6.07, 6.45) is 9.21. The van der Waals surface area contributed by atoms with Gasteiger partial charge in [-0.15, -0.1) is 12.2 Å². The number of fused-ring (bicyclic) bond motifs is 3. The normalized spacial score (nSPS) is 12.7. The first-order valence-corrected chi connectivity index (χ1v) is 15.0. The molecule has 0 spiro atoms. The summed E-state index contributed by atoms with van der Waals surface area (Å²) in [7, 11) is 0. The molecule has 5 heteroatoms. The van der Waals surface area contributed by atoms with Gasteiger partial charge in [-0.1, -0.05) is 103 Å². The van der Waals surface area contributed by atoms with Gasteiger partial charge in [-0.2, -0.15) is 10.5 Å². The molecule has 0 N–H and O–H groups in total. The second-order valence-electron chi connectivity index (χ2n) is 11.2. The van der Waals surface area contributed by atoms with E-state index in [4.69, 9.17) is 5.32 Å². The van der Waals surface area contributed by atoms with Crippen molar-refractivity contribution in [2.75, 3.05) is 6.54 Å². The summed E-state index contributed by atoms with van der Waals surface area (Å²) in [6, 6.07) is 39.8. The maximum atomic E-state index is 9.50. The van der Waals surface area contributed by atoms with E-state index in [0.717, 1.165) is 49.5 Å². The summed E-state index contributed by atoms with van der Waals surface area (Å²) in [5.41, 5.74) is 9.17. The molecule has 0 saturated heterocycles. The van der Waals surface area contributed by atoms with Crippen LogP contribution in [-0.2, 0) is 0 Å². The summed E-state index contributed by atoms with van der Waals surface area (Å²) < 4.78 is 0. The fourth-order valence-electron chi connectivity index (χ4n) is 6.61. The molecule has 8 rings (SSSR count). The molecule has 214 valence electrons. The Morgan fingerprint density at radius 2 is 1.20 bits per heavy atom. The molecule has 0 radical (unpaired) electrons. The van der Waals surface area contributed by atoms with E-state index in [9.17, 15) is 10.5 Å². The maximum Gasteiger partial charge on any atom is 0.101 e. The summed E-state index contributed by atoms with van der Waals surface area (Å²) in [4.78, 5) is 8.78. The third-order valence-electron chi connectivity index (χ3n) is 8.64. The number of hydrogen-bond acceptors (Lipinski definition) is 4. The number of benzene rings is 5. The largest absolute Gasteiger partial charge is 0.679 e. The first kappa shape index (κ1) is 27.0. The second-order valence-corrected chi connectivity index (χ2v) is 11.2. The van der Waals surface area contributed by atoms with Gasteiger partial charge in [-0.25, -0.2) is 0 Å². The van der Waals surface area contributed by atoms with Crippen molar-refractivity contribution < 1.29 is 0 Å². The van der Waals surface area contributed by atoms with Gasteiger partial charge in [0.2, 0.25) is 0 Å². The number of nitrogens with zero attached hydrogens (tertiary/aromatic N) is 5. The molecule has 0 unspecified atom stereocenters. The molecule has 5 nitrogen and oxygen atoms in total. The Labute approximate surface area is 266 Å². The number of hydrogen-bond donors (Lipinski definition) is 0. The fourth-order valence-corrected chi connectivity index (χ4v) is 6.61. The van der Waals surface area contributed by atoms with Crippen molar-refractivity contribution in [2.45, 2.75) is 0 Å². The Morgan fingerprint density at radius 1 is 0.587 bits per heavy atom. The lowest BCUT2D eigenvalue weighted by Gasteiger charge is -2.31. The predicted molar refractivity (Wildman–Crippen MR) is 185 cm³/mol. The summed E-state index contributed by atoms with van der Waals surface area (Å²) >= 11 is 0. The Balaban J connectivity index is 1.36. The van der Waals surface area contributed by atoms with Crippen LogP contribution in [0.25, 0.3) is 71.2 Å². The first-order chi connectivity index (χ1) is 22.7. The molecular weight excluding hydrogens is 562 g/mol. The number of pyridine rings is 2. The van der Waals surface area contributed by atoms with Gasteiger partial charge in [0, 0.05) is 29.8 Å². The van der Waals surface area contributed by atoms with E-state index in [1.165, 1.54) is 21.9 Å². The molecule has 0 atom stereocenters. The molecule has 0 saturated carbocycles. The van der Waals surface area contributed by atoms with E-state index in [2.05, 4.69) is 113 Å². The van der Waals surface area contributed by atoms with E-state index in [1.807, 2.05) is 18.3 Å². The first-order valence-electron chi connectivity index (χ1n) is 15.0. The average Bonchev–Trinajstić information content (AvgIpc) is 3.13. The number of nitriles is 2. The minimum Gasteiger partial charge on any atom is -0.679 e. The van der Waals surface area contributed by atoms with Crippen LogP contribution in [0.1, 0.15) is 22.4 Å². The molecule has 2 aromatic heterocycles. The number of rotatable bonds is 4. The molecule has 1 aliphatic heterocycles. The predicted octanol–water partition coefficient (Wildman–Crippen LogP) is 9.83. The SMILES string of the molecule is N#Cc1cncc(-c2ccc(-c3c4ccccc4c(C4=CC=C(c5cc(C#N)ccn5)[N-]C4)c4ccccc34)c3ccccc23)c1. The van der Waals surface area contributed by atoms with Crippen molar-refractivity contribution in [2.24, 2.45) is 0 Å². The van der Waals surface area contributed by atoms with E-state index >= 15 is 0 Å². The summed E-state index contributed by atoms with van der Waals surface area (Å²) in [6.45, 7) is 0.505. The van der Waals surface area contributed by atoms with Crippen molar-refractivity contribution in [3.8, 4) is 34.4 Å². The minimum atomic E-state index is 0.505. The van der Waals surface area contributed by atoms with Gasteiger partial charge in [0.25, 0.3) is 0 Å². The zero-order valence-corrected chi connectivity index (χ0v) is 24.6. The molecule has 1 aliphatic rings. The zero-order chi connectivity index (χ0) is 31.0. The van der Waals surface area contributed by atoms with Gasteiger partial charge >= 0.3 is 0 Å². The molecule has 7 aromatic rings. The third kappa shape index (κ3) is 4.47. The van der Waals surface area contributed by atoms with Crippen molar-refractivity contribution in [3.05, 3.63) is 162 Å². The van der Waals surface area contributed by atoms with Crippen LogP contribution in [0.15, 0.2) is 134 Å². The highest BCUT2D eigenvalue weighted by molar-refractivity contribution is 6.22. The number of aromatic nitrogens is 2. The highest BCUT2D eigenvalue weighted by atomic mass is 14.9. The lowest BCUT2D eigenvalue weighted by molar-refractivity contribution is 1.25. The molecule has 5 aromatic carbocycles. The van der Waals surface area contributed by atoms with Crippen LogP contribution < -0.4 is 0 Å². The molecule has 0 aliphatic carbocycles. The van der Waals surface area contributed by atoms with Gasteiger partial charge in [0.1, 0.15) is 6.07 Å². The number of allylic oxidation sites excluding steroid dienone is 2. The van der Waals surface area contributed by atoms with Crippen LogP contribution in [0.5, 0.6) is 0 Å². The Kier molecular flexibility index (Phi) is 6.56. The quantitative estimate of drug-likeness (QED) is 0.192. The Bertz CT molecular complexity index is 2450. The van der Waals surface area contributed by atoms with Crippen molar-refractivity contribution in [1.29, 1.82) is 10.5 Å². The van der Waals surface area contributed by atoms with Crippen molar-refractivity contribution in [3.63, 3.8) is 0 Å². The van der Waals surface area contributed by atoms with Crippen LogP contribution in [-0.4, -0.2) is 16.5 Å². The fraction of sp³-hybridized carbons (Fsp3) is 0.0244. The van der Waals surface area contributed by atoms with Crippen molar-refractivity contribution in [1.82, 2.24) is 9.97 Å².